The summed E-state index contributed by atoms with van der Waals surface area (Å²) in [6.45, 7) is 0. The van der Waals surface area contributed by atoms with Crippen LogP contribution in [0.3, 0.4) is 0 Å². The van der Waals surface area contributed by atoms with E-state index >= 15 is 0 Å². The van der Waals surface area contributed by atoms with E-state index in [1.54, 1.807) is 18.3 Å². The zero-order valence-corrected chi connectivity index (χ0v) is 8.90. The van der Waals surface area contributed by atoms with E-state index in [-0.39, 0.29) is 5.56 Å². The average molecular weight is 226 g/mol. The Bertz CT molecular complexity index is 700. The lowest BCUT2D eigenvalue weighted by molar-refractivity contribution is 1.09. The van der Waals surface area contributed by atoms with Crippen molar-refractivity contribution in [2.75, 3.05) is 5.32 Å². The molecule has 0 aliphatic rings. The molecule has 0 amide bonds. The molecule has 0 bridgehead atoms. The van der Waals surface area contributed by atoms with E-state index < -0.39 is 0 Å². The standard InChI is InChI=1S/C12H10N4O/c17-12-9-4-2-1-3-8(9)7-11(15-12)14-10-5-6-13-16-10/h1-7H,(H3,13,14,15,16,17). The van der Waals surface area contributed by atoms with Crippen LogP contribution in [-0.4, -0.2) is 15.2 Å². The lowest BCUT2D eigenvalue weighted by atomic mass is 10.2. The molecule has 3 aromatic rings. The van der Waals surface area contributed by atoms with Crippen molar-refractivity contribution in [2.24, 2.45) is 0 Å². The third-order valence-electron chi connectivity index (χ3n) is 2.52. The van der Waals surface area contributed by atoms with Crippen molar-refractivity contribution in [3.8, 4) is 0 Å². The molecule has 3 rings (SSSR count). The molecular weight excluding hydrogens is 216 g/mol. The van der Waals surface area contributed by atoms with Gasteiger partial charge in [0, 0.05) is 17.6 Å². The highest BCUT2D eigenvalue weighted by molar-refractivity contribution is 5.84. The Kier molecular flexibility index (Phi) is 2.15. The zero-order chi connectivity index (χ0) is 11.7. The predicted octanol–water partition coefficient (Wildman–Crippen LogP) is 1.99. The number of hydrogen-bond donors (Lipinski definition) is 3. The van der Waals surface area contributed by atoms with Crippen molar-refractivity contribution in [1.29, 1.82) is 0 Å². The highest BCUT2D eigenvalue weighted by Gasteiger charge is 2.02. The molecule has 0 aliphatic heterocycles. The second-order valence-electron chi connectivity index (χ2n) is 3.68. The Morgan fingerprint density at radius 3 is 2.88 bits per heavy atom. The van der Waals surface area contributed by atoms with E-state index in [2.05, 4.69) is 20.5 Å². The number of H-pyrrole nitrogens is 2. The second-order valence-corrected chi connectivity index (χ2v) is 3.68. The van der Waals surface area contributed by atoms with Gasteiger partial charge in [0.1, 0.15) is 5.82 Å². The molecule has 2 aromatic heterocycles. The van der Waals surface area contributed by atoms with Crippen molar-refractivity contribution >= 4 is 22.4 Å². The molecule has 0 saturated heterocycles. The Labute approximate surface area is 96.5 Å². The maximum absolute atomic E-state index is 11.8. The van der Waals surface area contributed by atoms with E-state index in [4.69, 9.17) is 0 Å². The average Bonchev–Trinajstić information content (AvgIpc) is 2.82. The van der Waals surface area contributed by atoms with Gasteiger partial charge in [-0.05, 0) is 17.5 Å². The number of aromatic amines is 2. The van der Waals surface area contributed by atoms with Crippen molar-refractivity contribution in [3.05, 3.63) is 52.9 Å². The molecule has 0 unspecified atom stereocenters. The summed E-state index contributed by atoms with van der Waals surface area (Å²) in [5.74, 6) is 1.29. The van der Waals surface area contributed by atoms with Crippen LogP contribution in [0.1, 0.15) is 0 Å². The normalized spacial score (nSPS) is 10.6. The van der Waals surface area contributed by atoms with Crippen LogP contribution >= 0.6 is 0 Å². The smallest absolute Gasteiger partial charge is 0.257 e. The molecule has 0 atom stereocenters. The van der Waals surface area contributed by atoms with Crippen molar-refractivity contribution in [2.45, 2.75) is 0 Å². The van der Waals surface area contributed by atoms with Crippen LogP contribution in [0.4, 0.5) is 11.6 Å². The lowest BCUT2D eigenvalue weighted by Crippen LogP contribution is -2.08. The van der Waals surface area contributed by atoms with Gasteiger partial charge in [-0.2, -0.15) is 5.10 Å². The summed E-state index contributed by atoms with van der Waals surface area (Å²) >= 11 is 0. The number of rotatable bonds is 2. The Balaban J connectivity index is 2.10. The van der Waals surface area contributed by atoms with Crippen LogP contribution in [0.2, 0.25) is 0 Å². The summed E-state index contributed by atoms with van der Waals surface area (Å²) in [5.41, 5.74) is -0.110. The number of anilines is 2. The molecule has 5 heteroatoms. The fourth-order valence-corrected chi connectivity index (χ4v) is 1.75. The van der Waals surface area contributed by atoms with Crippen LogP contribution in [-0.2, 0) is 0 Å². The van der Waals surface area contributed by atoms with E-state index in [1.807, 2.05) is 24.3 Å². The van der Waals surface area contributed by atoms with Gasteiger partial charge in [-0.1, -0.05) is 18.2 Å². The van der Waals surface area contributed by atoms with E-state index in [1.165, 1.54) is 0 Å². The summed E-state index contributed by atoms with van der Waals surface area (Å²) in [5, 5.41) is 11.3. The van der Waals surface area contributed by atoms with Crippen LogP contribution in [0, 0.1) is 0 Å². The first-order valence-corrected chi connectivity index (χ1v) is 5.22. The minimum Gasteiger partial charge on any atom is -0.325 e. The number of fused-ring (bicyclic) bond motifs is 1. The van der Waals surface area contributed by atoms with E-state index in [0.29, 0.717) is 17.0 Å². The molecule has 84 valence electrons. The fraction of sp³-hybridized carbons (Fsp3) is 0. The maximum Gasteiger partial charge on any atom is 0.257 e. The van der Waals surface area contributed by atoms with Crippen LogP contribution < -0.4 is 10.9 Å². The lowest BCUT2D eigenvalue weighted by Gasteiger charge is -2.04. The van der Waals surface area contributed by atoms with Crippen molar-refractivity contribution < 1.29 is 0 Å². The third kappa shape index (κ3) is 1.78. The molecule has 0 radical (unpaired) electrons. The van der Waals surface area contributed by atoms with Gasteiger partial charge >= 0.3 is 0 Å². The van der Waals surface area contributed by atoms with Gasteiger partial charge in [-0.15, -0.1) is 0 Å². The number of aromatic nitrogens is 3. The molecule has 0 aliphatic carbocycles. The van der Waals surface area contributed by atoms with Crippen LogP contribution in [0.25, 0.3) is 10.8 Å². The Morgan fingerprint density at radius 1 is 1.18 bits per heavy atom. The minimum atomic E-state index is -0.110. The molecule has 3 N–H and O–H groups in total. The molecule has 17 heavy (non-hydrogen) atoms. The summed E-state index contributed by atoms with van der Waals surface area (Å²) in [7, 11) is 0. The first kappa shape index (κ1) is 9.65. The zero-order valence-electron chi connectivity index (χ0n) is 8.90. The summed E-state index contributed by atoms with van der Waals surface area (Å²) in [6.07, 6.45) is 1.71. The van der Waals surface area contributed by atoms with Crippen molar-refractivity contribution in [1.82, 2.24) is 15.2 Å². The quantitative estimate of drug-likeness (QED) is 0.625. The molecule has 0 spiro atoms. The summed E-state index contributed by atoms with van der Waals surface area (Å²) in [4.78, 5) is 14.6. The molecule has 0 saturated carbocycles. The SMILES string of the molecule is O=c1[nH]c(Nc2cc[nH]n2)cc2ccccc12. The van der Waals surface area contributed by atoms with Gasteiger partial charge < -0.3 is 10.3 Å². The first-order valence-electron chi connectivity index (χ1n) is 5.22. The highest BCUT2D eigenvalue weighted by atomic mass is 16.1. The monoisotopic (exact) mass is 226 g/mol. The predicted molar refractivity (Wildman–Crippen MR) is 66.4 cm³/mol. The maximum atomic E-state index is 11.8. The van der Waals surface area contributed by atoms with Gasteiger partial charge in [0.05, 0.1) is 0 Å². The molecule has 5 nitrogen and oxygen atoms in total. The number of hydrogen-bond acceptors (Lipinski definition) is 3. The summed E-state index contributed by atoms with van der Waals surface area (Å²) < 4.78 is 0. The van der Waals surface area contributed by atoms with Crippen molar-refractivity contribution in [3.63, 3.8) is 0 Å². The van der Waals surface area contributed by atoms with Crippen LogP contribution in [0.15, 0.2) is 47.4 Å². The van der Waals surface area contributed by atoms with Gasteiger partial charge in [0.15, 0.2) is 5.82 Å². The largest absolute Gasteiger partial charge is 0.325 e. The Morgan fingerprint density at radius 2 is 2.06 bits per heavy atom. The fourth-order valence-electron chi connectivity index (χ4n) is 1.75. The topological polar surface area (TPSA) is 73.6 Å². The molecule has 2 heterocycles. The Hall–Kier alpha value is -2.56. The van der Waals surface area contributed by atoms with Gasteiger partial charge in [-0.3, -0.25) is 9.89 Å². The number of nitrogens with one attached hydrogen (secondary N) is 3. The molecular formula is C12H10N4O. The number of benzene rings is 1. The highest BCUT2D eigenvalue weighted by Crippen LogP contribution is 2.15. The number of pyridine rings is 1. The third-order valence-corrected chi connectivity index (χ3v) is 2.52. The number of nitrogens with zero attached hydrogens (tertiary/aromatic N) is 1. The van der Waals surface area contributed by atoms with E-state index in [9.17, 15) is 4.79 Å². The van der Waals surface area contributed by atoms with E-state index in [0.717, 1.165) is 5.39 Å². The van der Waals surface area contributed by atoms with Gasteiger partial charge in [0.25, 0.3) is 5.56 Å². The molecule has 1 aromatic carbocycles. The second kappa shape index (κ2) is 3.79. The van der Waals surface area contributed by atoms with Gasteiger partial charge in [0.2, 0.25) is 0 Å². The summed E-state index contributed by atoms with van der Waals surface area (Å²) in [6, 6.07) is 11.1. The minimum absolute atomic E-state index is 0.110. The van der Waals surface area contributed by atoms with Crippen LogP contribution in [0.5, 0.6) is 0 Å². The van der Waals surface area contributed by atoms with Gasteiger partial charge in [-0.25, -0.2) is 0 Å². The molecule has 0 fully saturated rings. The first-order chi connectivity index (χ1) is 8.33.